The van der Waals surface area contributed by atoms with E-state index < -0.39 is 12.0 Å². The molecule has 1 fully saturated rings. The number of nitrogens with two attached hydrogens (primary N) is 1. The molecule has 4 rings (SSSR count). The summed E-state index contributed by atoms with van der Waals surface area (Å²) in [6.45, 7) is 0.669. The molecule has 1 aliphatic carbocycles. The van der Waals surface area contributed by atoms with Gasteiger partial charge in [0.25, 0.3) is 5.91 Å². The van der Waals surface area contributed by atoms with Crippen molar-refractivity contribution in [2.24, 2.45) is 11.7 Å². The highest BCUT2D eigenvalue weighted by atomic mass is 19.1. The van der Waals surface area contributed by atoms with Crippen molar-refractivity contribution in [1.29, 1.82) is 0 Å². The maximum absolute atomic E-state index is 14.0. The average molecular weight is 451 g/mol. The van der Waals surface area contributed by atoms with Crippen LogP contribution in [-0.2, 0) is 6.54 Å². The standard InChI is InChI=1S/C25H26FN3O4/c1-32-22-8-6-16(11-20(22)26)13-29-25(31)19-12-17(7-9-21(19)33-14-15-4-5-15)23-18(24(27)30)3-2-10-28-23/h2-3,6-12,15,24,30H,4-5,13-14,27H2,1H3,(H,29,31). The van der Waals surface area contributed by atoms with Gasteiger partial charge in [0.2, 0.25) is 0 Å². The van der Waals surface area contributed by atoms with Crippen LogP contribution < -0.4 is 20.5 Å². The molecular weight excluding hydrogens is 425 g/mol. The number of nitrogens with zero attached hydrogens (tertiary/aromatic N) is 1. The van der Waals surface area contributed by atoms with Crippen LogP contribution in [-0.4, -0.2) is 29.7 Å². The number of benzene rings is 2. The second kappa shape index (κ2) is 9.97. The number of methoxy groups -OCH3 is 1. The molecule has 1 aromatic heterocycles. The van der Waals surface area contributed by atoms with Gasteiger partial charge in [-0.15, -0.1) is 0 Å². The molecule has 33 heavy (non-hydrogen) atoms. The Morgan fingerprint density at radius 2 is 2.03 bits per heavy atom. The summed E-state index contributed by atoms with van der Waals surface area (Å²) in [5.41, 5.74) is 8.15. The molecule has 0 bridgehead atoms. The van der Waals surface area contributed by atoms with Crippen molar-refractivity contribution in [1.82, 2.24) is 10.3 Å². The maximum Gasteiger partial charge on any atom is 0.255 e. The van der Waals surface area contributed by atoms with Crippen molar-refractivity contribution in [3.8, 4) is 22.8 Å². The third kappa shape index (κ3) is 5.47. The zero-order valence-corrected chi connectivity index (χ0v) is 18.3. The molecule has 0 aliphatic heterocycles. The van der Waals surface area contributed by atoms with Crippen LogP contribution in [0.1, 0.15) is 40.6 Å². The van der Waals surface area contributed by atoms with Gasteiger partial charge >= 0.3 is 0 Å². The topological polar surface area (TPSA) is 107 Å². The van der Waals surface area contributed by atoms with Gasteiger partial charge in [-0.3, -0.25) is 9.78 Å². The van der Waals surface area contributed by atoms with Gasteiger partial charge in [-0.25, -0.2) is 4.39 Å². The van der Waals surface area contributed by atoms with Gasteiger partial charge < -0.3 is 25.6 Å². The van der Waals surface area contributed by atoms with Crippen LogP contribution in [0.4, 0.5) is 4.39 Å². The Balaban J connectivity index is 1.60. The lowest BCUT2D eigenvalue weighted by molar-refractivity contribution is 0.0946. The SMILES string of the molecule is COc1ccc(CNC(=O)c2cc(-c3ncccc3C(N)O)ccc2OCC2CC2)cc1F. The van der Waals surface area contributed by atoms with Gasteiger partial charge in [0, 0.05) is 23.9 Å². The number of pyridine rings is 1. The first-order valence-corrected chi connectivity index (χ1v) is 10.7. The van der Waals surface area contributed by atoms with Crippen LogP contribution in [0.25, 0.3) is 11.3 Å². The van der Waals surface area contributed by atoms with Crippen LogP contribution in [0.5, 0.6) is 11.5 Å². The van der Waals surface area contributed by atoms with Crippen molar-refractivity contribution in [3.05, 3.63) is 77.2 Å². The first kappa shape index (κ1) is 22.7. The highest BCUT2D eigenvalue weighted by Crippen LogP contribution is 2.33. The Hall–Kier alpha value is -3.49. The monoisotopic (exact) mass is 451 g/mol. The van der Waals surface area contributed by atoms with E-state index in [1.807, 2.05) is 0 Å². The van der Waals surface area contributed by atoms with E-state index in [1.165, 1.54) is 19.2 Å². The predicted octanol–water partition coefficient (Wildman–Crippen LogP) is 3.56. The van der Waals surface area contributed by atoms with Crippen molar-refractivity contribution < 1.29 is 23.8 Å². The molecular formula is C25H26FN3O4. The number of rotatable bonds is 9. The summed E-state index contributed by atoms with van der Waals surface area (Å²) in [4.78, 5) is 17.4. The molecule has 3 aromatic rings. The van der Waals surface area contributed by atoms with E-state index >= 15 is 0 Å². The van der Waals surface area contributed by atoms with E-state index in [0.717, 1.165) is 12.8 Å². The van der Waals surface area contributed by atoms with Crippen LogP contribution >= 0.6 is 0 Å². The van der Waals surface area contributed by atoms with Crippen molar-refractivity contribution >= 4 is 5.91 Å². The molecule has 1 aliphatic rings. The summed E-state index contributed by atoms with van der Waals surface area (Å²) < 4.78 is 24.8. The number of aliphatic hydroxyl groups is 1. The molecule has 1 saturated carbocycles. The highest BCUT2D eigenvalue weighted by molar-refractivity contribution is 5.98. The third-order valence-electron chi connectivity index (χ3n) is 5.50. The van der Waals surface area contributed by atoms with Gasteiger partial charge in [0.05, 0.1) is 25.0 Å². The van der Waals surface area contributed by atoms with E-state index in [2.05, 4.69) is 10.3 Å². The number of hydrogen-bond donors (Lipinski definition) is 3. The van der Waals surface area contributed by atoms with Gasteiger partial charge in [-0.1, -0.05) is 12.1 Å². The first-order valence-electron chi connectivity index (χ1n) is 10.7. The Bertz CT molecular complexity index is 1150. The molecule has 0 spiro atoms. The highest BCUT2D eigenvalue weighted by Gasteiger charge is 2.24. The fourth-order valence-corrected chi connectivity index (χ4v) is 3.47. The molecule has 0 radical (unpaired) electrons. The quantitative estimate of drug-likeness (QED) is 0.430. The Kier molecular flexibility index (Phi) is 6.86. The van der Waals surface area contributed by atoms with Gasteiger partial charge in [-0.05, 0) is 60.7 Å². The molecule has 0 saturated heterocycles. The zero-order chi connectivity index (χ0) is 23.4. The summed E-state index contributed by atoms with van der Waals surface area (Å²) >= 11 is 0. The summed E-state index contributed by atoms with van der Waals surface area (Å²) in [7, 11) is 1.40. The Morgan fingerprint density at radius 1 is 1.24 bits per heavy atom. The second-order valence-corrected chi connectivity index (χ2v) is 8.00. The molecule has 8 heteroatoms. The summed E-state index contributed by atoms with van der Waals surface area (Å²) in [6, 6.07) is 13.1. The normalized spacial score (nSPS) is 13.9. The first-order chi connectivity index (χ1) is 16.0. The number of aliphatic hydroxyl groups excluding tert-OH is 1. The number of halogens is 1. The smallest absolute Gasteiger partial charge is 0.255 e. The number of aromatic nitrogens is 1. The number of ether oxygens (including phenoxy) is 2. The van der Waals surface area contributed by atoms with Crippen LogP contribution in [0, 0.1) is 11.7 Å². The number of amides is 1. The fourth-order valence-electron chi connectivity index (χ4n) is 3.47. The molecule has 2 aromatic carbocycles. The van der Waals surface area contributed by atoms with E-state index in [9.17, 15) is 14.3 Å². The largest absolute Gasteiger partial charge is 0.494 e. The Morgan fingerprint density at radius 3 is 2.73 bits per heavy atom. The molecule has 7 nitrogen and oxygen atoms in total. The maximum atomic E-state index is 14.0. The second-order valence-electron chi connectivity index (χ2n) is 8.00. The summed E-state index contributed by atoms with van der Waals surface area (Å²) in [6.07, 6.45) is 2.63. The predicted molar refractivity (Wildman–Crippen MR) is 121 cm³/mol. The van der Waals surface area contributed by atoms with Crippen molar-refractivity contribution in [2.75, 3.05) is 13.7 Å². The fraction of sp³-hybridized carbons (Fsp3) is 0.280. The minimum atomic E-state index is -1.21. The van der Waals surface area contributed by atoms with Gasteiger partial charge in [-0.2, -0.15) is 0 Å². The minimum absolute atomic E-state index is 0.127. The lowest BCUT2D eigenvalue weighted by atomic mass is 10.0. The van der Waals surface area contributed by atoms with Crippen molar-refractivity contribution in [2.45, 2.75) is 25.6 Å². The molecule has 1 atom stereocenters. The molecule has 4 N–H and O–H groups in total. The lowest BCUT2D eigenvalue weighted by Gasteiger charge is -2.15. The zero-order valence-electron chi connectivity index (χ0n) is 18.3. The molecule has 1 amide bonds. The number of hydrogen-bond acceptors (Lipinski definition) is 6. The van der Waals surface area contributed by atoms with E-state index in [0.29, 0.717) is 46.2 Å². The Labute approximate surface area is 191 Å². The number of carbonyl (C=O) groups excluding carboxylic acids is 1. The summed E-state index contributed by atoms with van der Waals surface area (Å²) in [5, 5.41) is 12.7. The lowest BCUT2D eigenvalue weighted by Crippen LogP contribution is -2.24. The molecule has 172 valence electrons. The third-order valence-corrected chi connectivity index (χ3v) is 5.50. The van der Waals surface area contributed by atoms with E-state index in [4.69, 9.17) is 15.2 Å². The van der Waals surface area contributed by atoms with Gasteiger partial charge in [0.1, 0.15) is 12.0 Å². The van der Waals surface area contributed by atoms with Crippen LogP contribution in [0.2, 0.25) is 0 Å². The van der Waals surface area contributed by atoms with E-state index in [1.54, 1.807) is 42.6 Å². The van der Waals surface area contributed by atoms with E-state index in [-0.39, 0.29) is 18.2 Å². The van der Waals surface area contributed by atoms with Gasteiger partial charge in [0.15, 0.2) is 11.6 Å². The molecule has 1 unspecified atom stereocenters. The molecule has 1 heterocycles. The van der Waals surface area contributed by atoms with Crippen LogP contribution in [0.15, 0.2) is 54.7 Å². The summed E-state index contributed by atoms with van der Waals surface area (Å²) in [5.74, 6) is 0.238. The number of nitrogens with one attached hydrogen (secondary N) is 1. The average Bonchev–Trinajstić information content (AvgIpc) is 3.66. The number of carbonyl (C=O) groups is 1. The van der Waals surface area contributed by atoms with Crippen LogP contribution in [0.3, 0.4) is 0 Å². The van der Waals surface area contributed by atoms with Crippen molar-refractivity contribution in [3.63, 3.8) is 0 Å². The minimum Gasteiger partial charge on any atom is -0.494 e.